The molecule has 0 aromatic heterocycles. The van der Waals surface area contributed by atoms with Gasteiger partial charge < -0.3 is 14.8 Å². The molecule has 3 rings (SSSR count). The fraction of sp³-hybridized carbons (Fsp3) is 0.600. The smallest absolute Gasteiger partial charge is 0.165 e. The molecule has 0 bridgehead atoms. The van der Waals surface area contributed by atoms with Crippen LogP contribution in [0.2, 0.25) is 0 Å². The number of nitrogens with one attached hydrogen (secondary N) is 1. The van der Waals surface area contributed by atoms with E-state index in [-0.39, 0.29) is 11.7 Å². The van der Waals surface area contributed by atoms with E-state index in [1.165, 1.54) is 12.0 Å². The van der Waals surface area contributed by atoms with Crippen molar-refractivity contribution in [3.63, 3.8) is 0 Å². The summed E-state index contributed by atoms with van der Waals surface area (Å²) < 4.78 is 12.1. The first-order valence-corrected chi connectivity index (χ1v) is 6.82. The van der Waals surface area contributed by atoms with Crippen LogP contribution in [0.15, 0.2) is 18.2 Å². The van der Waals surface area contributed by atoms with Crippen LogP contribution >= 0.6 is 0 Å². The SMILES string of the molecule is CC1(C)Cc2cccc(OC3CCCNC3)c2O1. The number of hydrogen-bond acceptors (Lipinski definition) is 3. The number of rotatable bonds is 2. The van der Waals surface area contributed by atoms with Gasteiger partial charge in [-0.05, 0) is 39.3 Å². The number of benzene rings is 1. The van der Waals surface area contributed by atoms with Gasteiger partial charge in [0.1, 0.15) is 11.7 Å². The van der Waals surface area contributed by atoms with Gasteiger partial charge in [-0.3, -0.25) is 0 Å². The number of fused-ring (bicyclic) bond motifs is 1. The minimum Gasteiger partial charge on any atom is -0.485 e. The van der Waals surface area contributed by atoms with E-state index in [0.29, 0.717) is 0 Å². The van der Waals surface area contributed by atoms with E-state index in [9.17, 15) is 0 Å². The zero-order valence-electron chi connectivity index (χ0n) is 11.2. The summed E-state index contributed by atoms with van der Waals surface area (Å²) in [5.74, 6) is 1.86. The zero-order valence-corrected chi connectivity index (χ0v) is 11.2. The van der Waals surface area contributed by atoms with Crippen molar-refractivity contribution < 1.29 is 9.47 Å². The van der Waals surface area contributed by atoms with E-state index >= 15 is 0 Å². The molecule has 18 heavy (non-hydrogen) atoms. The Morgan fingerprint density at radius 2 is 2.28 bits per heavy atom. The van der Waals surface area contributed by atoms with Crippen LogP contribution in [-0.2, 0) is 6.42 Å². The molecule has 0 amide bonds. The first kappa shape index (κ1) is 11.8. The maximum atomic E-state index is 6.10. The highest BCUT2D eigenvalue weighted by molar-refractivity contribution is 5.50. The van der Waals surface area contributed by atoms with Crippen LogP contribution in [0.5, 0.6) is 11.5 Å². The molecular formula is C15H21NO2. The van der Waals surface area contributed by atoms with Gasteiger partial charge in [-0.2, -0.15) is 0 Å². The van der Waals surface area contributed by atoms with Crippen molar-refractivity contribution in [2.24, 2.45) is 0 Å². The van der Waals surface area contributed by atoms with Crippen LogP contribution < -0.4 is 14.8 Å². The molecule has 1 unspecified atom stereocenters. The molecule has 2 aliphatic heterocycles. The topological polar surface area (TPSA) is 30.5 Å². The third-order valence-electron chi connectivity index (χ3n) is 3.60. The third kappa shape index (κ3) is 2.32. The molecule has 0 saturated carbocycles. The number of para-hydroxylation sites is 1. The van der Waals surface area contributed by atoms with Crippen molar-refractivity contribution >= 4 is 0 Å². The summed E-state index contributed by atoms with van der Waals surface area (Å²) in [6.07, 6.45) is 3.55. The molecule has 1 fully saturated rings. The van der Waals surface area contributed by atoms with Crippen LogP contribution in [0.4, 0.5) is 0 Å². The van der Waals surface area contributed by atoms with Crippen molar-refractivity contribution in [1.82, 2.24) is 5.32 Å². The molecule has 98 valence electrons. The van der Waals surface area contributed by atoms with Crippen LogP contribution in [-0.4, -0.2) is 24.8 Å². The first-order valence-electron chi connectivity index (χ1n) is 6.82. The minimum absolute atomic E-state index is 0.105. The van der Waals surface area contributed by atoms with E-state index in [4.69, 9.17) is 9.47 Å². The normalized spacial score (nSPS) is 25.3. The Kier molecular flexibility index (Phi) is 2.94. The van der Waals surface area contributed by atoms with Crippen LogP contribution in [0.3, 0.4) is 0 Å². The van der Waals surface area contributed by atoms with Crippen LogP contribution in [0.25, 0.3) is 0 Å². The Hall–Kier alpha value is -1.22. The lowest BCUT2D eigenvalue weighted by molar-refractivity contribution is 0.119. The van der Waals surface area contributed by atoms with Gasteiger partial charge in [-0.1, -0.05) is 12.1 Å². The van der Waals surface area contributed by atoms with Crippen molar-refractivity contribution in [1.29, 1.82) is 0 Å². The monoisotopic (exact) mass is 247 g/mol. The second-order valence-corrected chi connectivity index (χ2v) is 5.87. The molecule has 0 aliphatic carbocycles. The van der Waals surface area contributed by atoms with Gasteiger partial charge in [0.2, 0.25) is 0 Å². The van der Waals surface area contributed by atoms with Crippen LogP contribution in [0, 0.1) is 0 Å². The molecule has 2 heterocycles. The largest absolute Gasteiger partial charge is 0.485 e. The molecule has 1 aromatic rings. The highest BCUT2D eigenvalue weighted by Gasteiger charge is 2.32. The molecular weight excluding hydrogens is 226 g/mol. The Bertz CT molecular complexity index is 436. The minimum atomic E-state index is -0.105. The van der Waals surface area contributed by atoms with E-state index in [2.05, 4.69) is 31.3 Å². The summed E-state index contributed by atoms with van der Waals surface area (Å²) in [7, 11) is 0. The maximum Gasteiger partial charge on any atom is 0.165 e. The maximum absolute atomic E-state index is 6.10. The quantitative estimate of drug-likeness (QED) is 0.871. The Labute approximate surface area is 108 Å². The van der Waals surface area contributed by atoms with E-state index in [0.717, 1.165) is 37.4 Å². The molecule has 3 nitrogen and oxygen atoms in total. The summed E-state index contributed by atoms with van der Waals surface area (Å²) in [6.45, 7) is 6.29. The van der Waals surface area contributed by atoms with Gasteiger partial charge in [0.15, 0.2) is 11.5 Å². The second kappa shape index (κ2) is 4.47. The highest BCUT2D eigenvalue weighted by atomic mass is 16.5. The van der Waals surface area contributed by atoms with Crippen LogP contribution in [0.1, 0.15) is 32.3 Å². The van der Waals surface area contributed by atoms with E-state index in [1.54, 1.807) is 0 Å². The summed E-state index contributed by atoms with van der Waals surface area (Å²) in [4.78, 5) is 0. The molecule has 1 N–H and O–H groups in total. The average molecular weight is 247 g/mol. The Balaban J connectivity index is 1.79. The third-order valence-corrected chi connectivity index (χ3v) is 3.60. The first-order chi connectivity index (χ1) is 8.64. The molecule has 0 spiro atoms. The lowest BCUT2D eigenvalue weighted by atomic mass is 10.0. The van der Waals surface area contributed by atoms with E-state index in [1.807, 2.05) is 6.07 Å². The lowest BCUT2D eigenvalue weighted by Gasteiger charge is -2.25. The van der Waals surface area contributed by atoms with Crippen molar-refractivity contribution in [3.8, 4) is 11.5 Å². The predicted molar refractivity (Wildman–Crippen MR) is 71.4 cm³/mol. The zero-order chi connectivity index (χ0) is 12.6. The van der Waals surface area contributed by atoms with Gasteiger partial charge in [0.05, 0.1) is 0 Å². The van der Waals surface area contributed by atoms with Crippen molar-refractivity contribution in [2.75, 3.05) is 13.1 Å². The van der Waals surface area contributed by atoms with Gasteiger partial charge in [0, 0.05) is 18.5 Å². The molecule has 1 saturated heterocycles. The highest BCUT2D eigenvalue weighted by Crippen LogP contribution is 2.42. The molecule has 0 radical (unpaired) electrons. The predicted octanol–water partition coefficient (Wildman–Crippen LogP) is 2.53. The summed E-state index contributed by atoms with van der Waals surface area (Å²) >= 11 is 0. The van der Waals surface area contributed by atoms with Crippen molar-refractivity contribution in [2.45, 2.75) is 44.8 Å². The summed E-state index contributed by atoms with van der Waals surface area (Å²) in [6, 6.07) is 6.22. The number of piperidine rings is 1. The average Bonchev–Trinajstić information content (AvgIpc) is 2.66. The van der Waals surface area contributed by atoms with Crippen molar-refractivity contribution in [3.05, 3.63) is 23.8 Å². The molecule has 1 aromatic carbocycles. The van der Waals surface area contributed by atoms with Gasteiger partial charge in [-0.25, -0.2) is 0 Å². The van der Waals surface area contributed by atoms with Gasteiger partial charge in [-0.15, -0.1) is 0 Å². The lowest BCUT2D eigenvalue weighted by Crippen LogP contribution is -2.37. The van der Waals surface area contributed by atoms with Gasteiger partial charge in [0.25, 0.3) is 0 Å². The molecule has 3 heteroatoms. The molecule has 1 atom stereocenters. The number of ether oxygens (including phenoxy) is 2. The summed E-state index contributed by atoms with van der Waals surface area (Å²) in [5, 5.41) is 3.37. The Morgan fingerprint density at radius 3 is 3.06 bits per heavy atom. The summed E-state index contributed by atoms with van der Waals surface area (Å²) in [5.41, 5.74) is 1.16. The van der Waals surface area contributed by atoms with E-state index < -0.39 is 0 Å². The molecule has 2 aliphatic rings. The fourth-order valence-corrected chi connectivity index (χ4v) is 2.78. The second-order valence-electron chi connectivity index (χ2n) is 5.87. The van der Waals surface area contributed by atoms with Gasteiger partial charge >= 0.3 is 0 Å². The fourth-order valence-electron chi connectivity index (χ4n) is 2.78. The standard InChI is InChI=1S/C15H21NO2/c1-15(2)9-11-5-3-7-13(14(11)18-15)17-12-6-4-8-16-10-12/h3,5,7,12,16H,4,6,8-10H2,1-2H3. The number of hydrogen-bond donors (Lipinski definition) is 1. The Morgan fingerprint density at radius 1 is 1.39 bits per heavy atom.